The number of nitrogens with one attached hydrogen (secondary N) is 1. The molecule has 0 atom stereocenters. The minimum atomic E-state index is -4.21. The molecule has 0 aliphatic rings. The van der Waals surface area contributed by atoms with Crippen LogP contribution in [0.4, 0.5) is 18.9 Å². The van der Waals surface area contributed by atoms with Crippen LogP contribution < -0.4 is 5.32 Å². The molecule has 0 aliphatic heterocycles. The van der Waals surface area contributed by atoms with E-state index in [1.165, 1.54) is 6.07 Å². The molecule has 1 rings (SSSR count). The number of nitro groups is 1. The number of nitro benzene ring substituents is 1. The molecule has 1 N–H and O–H groups in total. The number of nitrogens with zero attached hydrogens (tertiary/aromatic N) is 1. The quantitative estimate of drug-likeness (QED) is 0.492. The first-order valence-corrected chi connectivity index (χ1v) is 6.37. The van der Waals surface area contributed by atoms with Crippen LogP contribution >= 0.6 is 11.6 Å². The molecule has 1 aromatic carbocycles. The summed E-state index contributed by atoms with van der Waals surface area (Å²) in [6, 6.07) is 3.40. The molecule has 0 radical (unpaired) electrons. The van der Waals surface area contributed by atoms with Crippen LogP contribution in [0.25, 0.3) is 0 Å². The number of hydrogen-bond acceptors (Lipinski definition) is 3. The maximum Gasteiger partial charge on any atom is 0.389 e. The van der Waals surface area contributed by atoms with Gasteiger partial charge in [0.05, 0.1) is 15.5 Å². The van der Waals surface area contributed by atoms with Crippen molar-refractivity contribution in [3.63, 3.8) is 0 Å². The lowest BCUT2D eigenvalue weighted by molar-refractivity contribution is -0.384. The van der Waals surface area contributed by atoms with Gasteiger partial charge in [-0.1, -0.05) is 11.6 Å². The van der Waals surface area contributed by atoms with Gasteiger partial charge in [0.2, 0.25) is 0 Å². The van der Waals surface area contributed by atoms with E-state index in [2.05, 4.69) is 5.32 Å². The van der Waals surface area contributed by atoms with Crippen molar-refractivity contribution in [2.75, 3.05) is 6.54 Å². The molecule has 0 spiro atoms. The zero-order chi connectivity index (χ0) is 16.0. The second kappa shape index (κ2) is 7.26. The second-order valence-electron chi connectivity index (χ2n) is 4.25. The Balaban J connectivity index is 2.52. The van der Waals surface area contributed by atoms with E-state index >= 15 is 0 Å². The van der Waals surface area contributed by atoms with Crippen molar-refractivity contribution in [1.82, 2.24) is 5.32 Å². The molecule has 1 amide bonds. The summed E-state index contributed by atoms with van der Waals surface area (Å²) in [6.07, 6.45) is -5.09. The van der Waals surface area contributed by atoms with Gasteiger partial charge in [-0.3, -0.25) is 14.9 Å². The van der Waals surface area contributed by atoms with Crippen LogP contribution in [0.15, 0.2) is 18.2 Å². The topological polar surface area (TPSA) is 72.2 Å². The Morgan fingerprint density at radius 1 is 1.33 bits per heavy atom. The average molecular weight is 325 g/mol. The van der Waals surface area contributed by atoms with E-state index in [0.717, 1.165) is 12.1 Å². The lowest BCUT2D eigenvalue weighted by Crippen LogP contribution is -2.25. The van der Waals surface area contributed by atoms with Gasteiger partial charge in [0.15, 0.2) is 0 Å². The van der Waals surface area contributed by atoms with Gasteiger partial charge in [-0.15, -0.1) is 0 Å². The van der Waals surface area contributed by atoms with Gasteiger partial charge in [-0.05, 0) is 18.9 Å². The number of carbonyl (C=O) groups is 1. The van der Waals surface area contributed by atoms with E-state index in [9.17, 15) is 28.1 Å². The average Bonchev–Trinajstić information content (AvgIpc) is 2.36. The van der Waals surface area contributed by atoms with E-state index in [4.69, 9.17) is 11.6 Å². The molecule has 5 nitrogen and oxygen atoms in total. The number of hydrogen-bond donors (Lipinski definition) is 1. The van der Waals surface area contributed by atoms with E-state index in [0.29, 0.717) is 0 Å². The molecule has 0 saturated heterocycles. The van der Waals surface area contributed by atoms with E-state index in [-0.39, 0.29) is 35.7 Å². The number of amides is 1. The lowest BCUT2D eigenvalue weighted by atomic mass is 10.1. The maximum atomic E-state index is 11.9. The fourth-order valence-electron chi connectivity index (χ4n) is 1.55. The molecule has 116 valence electrons. The third-order valence-electron chi connectivity index (χ3n) is 2.58. The van der Waals surface area contributed by atoms with Crippen LogP contribution in [0.5, 0.6) is 0 Å². The fraction of sp³-hybridized carbons (Fsp3) is 0.417. The molecule has 0 aromatic heterocycles. The Hall–Kier alpha value is -1.83. The molecule has 0 heterocycles. The van der Waals surface area contributed by atoms with Crippen LogP contribution in [0.1, 0.15) is 29.6 Å². The lowest BCUT2D eigenvalue weighted by Gasteiger charge is -2.08. The molecule has 0 bridgehead atoms. The molecule has 0 unspecified atom stereocenters. The van der Waals surface area contributed by atoms with Crippen LogP contribution in [0.2, 0.25) is 5.02 Å². The van der Waals surface area contributed by atoms with Gasteiger partial charge >= 0.3 is 6.18 Å². The highest BCUT2D eigenvalue weighted by Gasteiger charge is 2.25. The Morgan fingerprint density at radius 2 is 2.00 bits per heavy atom. The normalized spacial score (nSPS) is 11.2. The van der Waals surface area contributed by atoms with Gasteiger partial charge in [0.1, 0.15) is 0 Å². The zero-order valence-corrected chi connectivity index (χ0v) is 11.5. The largest absolute Gasteiger partial charge is 0.389 e. The second-order valence-corrected chi connectivity index (χ2v) is 4.66. The summed E-state index contributed by atoms with van der Waals surface area (Å²) < 4.78 is 35.7. The third-order valence-corrected chi connectivity index (χ3v) is 2.91. The number of rotatable bonds is 6. The Bertz CT molecular complexity index is 535. The highest BCUT2D eigenvalue weighted by Crippen LogP contribution is 2.23. The van der Waals surface area contributed by atoms with Crippen LogP contribution in [-0.4, -0.2) is 23.6 Å². The number of non-ortho nitro benzene ring substituents is 1. The van der Waals surface area contributed by atoms with E-state index in [1.807, 2.05) is 0 Å². The van der Waals surface area contributed by atoms with Gasteiger partial charge in [0, 0.05) is 25.1 Å². The molecular weight excluding hydrogens is 313 g/mol. The van der Waals surface area contributed by atoms with Crippen molar-refractivity contribution in [3.05, 3.63) is 38.9 Å². The minimum absolute atomic E-state index is 0.0355. The smallest absolute Gasteiger partial charge is 0.352 e. The van der Waals surface area contributed by atoms with Crippen LogP contribution in [-0.2, 0) is 0 Å². The minimum Gasteiger partial charge on any atom is -0.352 e. The molecule has 0 saturated carbocycles. The van der Waals surface area contributed by atoms with Crippen molar-refractivity contribution < 1.29 is 22.9 Å². The molecule has 0 aliphatic carbocycles. The number of carbonyl (C=O) groups excluding carboxylic acids is 1. The first-order valence-electron chi connectivity index (χ1n) is 5.99. The molecular formula is C12H12ClF3N2O3. The van der Waals surface area contributed by atoms with Gasteiger partial charge in [-0.2, -0.15) is 13.2 Å². The zero-order valence-electron chi connectivity index (χ0n) is 10.7. The highest BCUT2D eigenvalue weighted by molar-refractivity contribution is 6.33. The first-order chi connectivity index (χ1) is 9.70. The number of unbranched alkanes of at least 4 members (excludes halogenated alkanes) is 1. The van der Waals surface area contributed by atoms with Gasteiger partial charge in [-0.25, -0.2) is 0 Å². The first kappa shape index (κ1) is 17.2. The van der Waals surface area contributed by atoms with Crippen LogP contribution in [0, 0.1) is 10.1 Å². The summed E-state index contributed by atoms with van der Waals surface area (Å²) in [7, 11) is 0. The van der Waals surface area contributed by atoms with Gasteiger partial charge in [0.25, 0.3) is 11.6 Å². The predicted octanol–water partition coefficient (Wildman–Crippen LogP) is 3.71. The van der Waals surface area contributed by atoms with Gasteiger partial charge < -0.3 is 5.32 Å². The molecule has 0 fully saturated rings. The standard InChI is InChI=1S/C12H12ClF3N2O3/c13-10-4-3-8(18(20)21)7-9(10)11(19)17-6-2-1-5-12(14,15)16/h3-4,7H,1-2,5-6H2,(H,17,19). The van der Waals surface area contributed by atoms with Crippen molar-refractivity contribution >= 4 is 23.2 Å². The Morgan fingerprint density at radius 3 is 2.57 bits per heavy atom. The SMILES string of the molecule is O=C(NCCCCC(F)(F)F)c1cc([N+](=O)[O-])ccc1Cl. The van der Waals surface area contributed by atoms with Crippen molar-refractivity contribution in [2.45, 2.75) is 25.4 Å². The highest BCUT2D eigenvalue weighted by atomic mass is 35.5. The Kier molecular flexibility index (Phi) is 5.95. The summed E-state index contributed by atoms with van der Waals surface area (Å²) in [5.41, 5.74) is -0.372. The number of halogens is 4. The number of alkyl halides is 3. The third kappa shape index (κ3) is 5.99. The van der Waals surface area contributed by atoms with E-state index < -0.39 is 23.4 Å². The summed E-state index contributed by atoms with van der Waals surface area (Å²) >= 11 is 5.76. The summed E-state index contributed by atoms with van der Waals surface area (Å²) in [5, 5.41) is 13.0. The number of benzene rings is 1. The van der Waals surface area contributed by atoms with Crippen LogP contribution in [0.3, 0.4) is 0 Å². The summed E-state index contributed by atoms with van der Waals surface area (Å²) in [5.74, 6) is -0.657. The predicted molar refractivity (Wildman–Crippen MR) is 70.3 cm³/mol. The van der Waals surface area contributed by atoms with Crippen molar-refractivity contribution in [3.8, 4) is 0 Å². The maximum absolute atomic E-state index is 11.9. The van der Waals surface area contributed by atoms with E-state index in [1.54, 1.807) is 0 Å². The monoisotopic (exact) mass is 324 g/mol. The van der Waals surface area contributed by atoms with Crippen molar-refractivity contribution in [1.29, 1.82) is 0 Å². The molecule has 9 heteroatoms. The fourth-order valence-corrected chi connectivity index (χ4v) is 1.75. The summed E-state index contributed by atoms with van der Waals surface area (Å²) in [4.78, 5) is 21.7. The molecule has 1 aromatic rings. The Labute approximate surface area is 123 Å². The van der Waals surface area contributed by atoms with Crippen molar-refractivity contribution in [2.24, 2.45) is 0 Å². The summed E-state index contributed by atoms with van der Waals surface area (Å²) in [6.45, 7) is 0.0356. The molecule has 21 heavy (non-hydrogen) atoms.